The molecule has 1 fully saturated rings. The van der Waals surface area contributed by atoms with Crippen molar-refractivity contribution in [3.63, 3.8) is 0 Å². The number of amides is 1. The fourth-order valence-corrected chi connectivity index (χ4v) is 5.17. The number of carbonyl (C=O) groups is 2. The summed E-state index contributed by atoms with van der Waals surface area (Å²) in [5.41, 5.74) is 0.949. The number of likely N-dealkylation sites (tertiary alicyclic amines) is 1. The summed E-state index contributed by atoms with van der Waals surface area (Å²) in [6.07, 6.45) is 1.67. The number of fused-ring (bicyclic) bond motifs is 3. The van der Waals surface area contributed by atoms with E-state index in [9.17, 15) is 9.59 Å². The monoisotopic (exact) mass is 490 g/mol. The van der Waals surface area contributed by atoms with Crippen molar-refractivity contribution in [2.24, 2.45) is 0 Å². The van der Waals surface area contributed by atoms with Gasteiger partial charge in [0.05, 0.1) is 24.2 Å². The number of pyridine rings is 1. The highest BCUT2D eigenvalue weighted by Crippen LogP contribution is 2.47. The minimum absolute atomic E-state index is 0.0152. The zero-order valence-electron chi connectivity index (χ0n) is 20.5. The molecule has 1 amide bonds. The molecule has 34 heavy (non-hydrogen) atoms. The van der Waals surface area contributed by atoms with Gasteiger partial charge in [0, 0.05) is 30.3 Å². The lowest BCUT2D eigenvalue weighted by molar-refractivity contribution is -0.142. The molecule has 4 rings (SSSR count). The summed E-state index contributed by atoms with van der Waals surface area (Å²) >= 11 is 6.68. The minimum atomic E-state index is -0.588. The van der Waals surface area contributed by atoms with Crippen LogP contribution in [-0.4, -0.2) is 52.8 Å². The highest BCUT2D eigenvalue weighted by atomic mass is 35.5. The van der Waals surface area contributed by atoms with Crippen LogP contribution in [0.3, 0.4) is 0 Å². The van der Waals surface area contributed by atoms with Crippen molar-refractivity contribution >= 4 is 34.6 Å². The van der Waals surface area contributed by atoms with Gasteiger partial charge in [-0.15, -0.1) is 0 Å². The molecule has 0 N–H and O–H groups in total. The van der Waals surface area contributed by atoms with Crippen LogP contribution in [0.5, 0.6) is 11.5 Å². The Kier molecular flexibility index (Phi) is 6.31. The molecule has 3 heterocycles. The third-order valence-electron chi connectivity index (χ3n) is 6.25. The zero-order valence-corrected chi connectivity index (χ0v) is 21.2. The Bertz CT molecular complexity index is 1140. The third kappa shape index (κ3) is 4.60. The molecule has 0 bridgehead atoms. The molecule has 0 aliphatic carbocycles. The number of esters is 1. The number of hydrogen-bond acceptors (Lipinski definition) is 7. The molecule has 0 saturated carbocycles. The second kappa shape index (κ2) is 8.80. The van der Waals surface area contributed by atoms with Gasteiger partial charge in [0.1, 0.15) is 35.0 Å². The summed E-state index contributed by atoms with van der Waals surface area (Å²) in [5.74, 6) is 0.713. The average Bonchev–Trinajstić information content (AvgIpc) is 3.06. The van der Waals surface area contributed by atoms with Gasteiger partial charge in [-0.3, -0.25) is 4.79 Å². The standard InChI is InChI=1S/C25H31ClN2O6/c1-14-11-25(13-28(14)23(30)34-24(3,4)5)10-9-16-20-17(7-8-19(31-6)21(20)26)27-18(22(16)33-25)12-32-15(2)29/h7-8,14H,9-13H2,1-6H3/t14-,25?/m1/s1. The van der Waals surface area contributed by atoms with Gasteiger partial charge >= 0.3 is 12.1 Å². The maximum absolute atomic E-state index is 12.8. The van der Waals surface area contributed by atoms with E-state index >= 15 is 0 Å². The Morgan fingerprint density at radius 1 is 1.32 bits per heavy atom. The van der Waals surface area contributed by atoms with Gasteiger partial charge in [-0.05, 0) is 52.7 Å². The lowest BCUT2D eigenvalue weighted by Gasteiger charge is -2.37. The van der Waals surface area contributed by atoms with E-state index in [0.29, 0.717) is 53.5 Å². The number of methoxy groups -OCH3 is 1. The van der Waals surface area contributed by atoms with Gasteiger partial charge in [-0.2, -0.15) is 0 Å². The van der Waals surface area contributed by atoms with E-state index < -0.39 is 17.2 Å². The fourth-order valence-electron chi connectivity index (χ4n) is 4.82. The van der Waals surface area contributed by atoms with Crippen molar-refractivity contribution in [3.05, 3.63) is 28.4 Å². The van der Waals surface area contributed by atoms with E-state index in [2.05, 4.69) is 0 Å². The van der Waals surface area contributed by atoms with Crippen molar-refractivity contribution in [2.75, 3.05) is 13.7 Å². The Balaban J connectivity index is 1.74. The first-order valence-corrected chi connectivity index (χ1v) is 11.8. The SMILES string of the molecule is COc1ccc2nc(COC(C)=O)c3c(c2c1Cl)CCC1(C[C@@H](C)N(C(=O)OC(C)(C)C)C1)O3. The number of halogens is 1. The van der Waals surface area contributed by atoms with E-state index in [0.717, 1.165) is 10.9 Å². The molecule has 1 aromatic carbocycles. The van der Waals surface area contributed by atoms with Gasteiger partial charge < -0.3 is 23.8 Å². The number of hydrogen-bond donors (Lipinski definition) is 0. The van der Waals surface area contributed by atoms with Crippen molar-refractivity contribution in [1.82, 2.24) is 9.88 Å². The van der Waals surface area contributed by atoms with E-state index in [4.69, 9.17) is 35.5 Å². The van der Waals surface area contributed by atoms with Crippen molar-refractivity contribution in [2.45, 2.75) is 77.7 Å². The Hall–Kier alpha value is -2.74. The van der Waals surface area contributed by atoms with Crippen molar-refractivity contribution < 1.29 is 28.5 Å². The Labute approximate surface area is 204 Å². The molecule has 1 spiro atoms. The van der Waals surface area contributed by atoms with Gasteiger partial charge in [0.2, 0.25) is 0 Å². The normalized spacial score (nSPS) is 21.9. The van der Waals surface area contributed by atoms with E-state index in [1.807, 2.05) is 33.8 Å². The van der Waals surface area contributed by atoms with Gasteiger partial charge in [0.15, 0.2) is 0 Å². The minimum Gasteiger partial charge on any atom is -0.495 e. The van der Waals surface area contributed by atoms with Gasteiger partial charge in [0.25, 0.3) is 0 Å². The maximum atomic E-state index is 12.8. The van der Waals surface area contributed by atoms with Crippen molar-refractivity contribution in [3.8, 4) is 11.5 Å². The van der Waals surface area contributed by atoms with Crippen LogP contribution in [0.1, 0.15) is 58.7 Å². The number of rotatable bonds is 3. The molecule has 2 atom stereocenters. The fraction of sp³-hybridized carbons (Fsp3) is 0.560. The second-order valence-corrected chi connectivity index (χ2v) is 10.4. The van der Waals surface area contributed by atoms with Crippen molar-refractivity contribution in [1.29, 1.82) is 0 Å². The van der Waals surface area contributed by atoms with Crippen LogP contribution in [0.25, 0.3) is 10.9 Å². The van der Waals surface area contributed by atoms with Crippen LogP contribution in [0.4, 0.5) is 4.79 Å². The summed E-state index contributed by atoms with van der Waals surface area (Å²) in [5, 5.41) is 1.24. The smallest absolute Gasteiger partial charge is 0.410 e. The predicted octanol–water partition coefficient (Wildman–Crippen LogP) is 5.05. The largest absolute Gasteiger partial charge is 0.495 e. The number of carbonyl (C=O) groups excluding carboxylic acids is 2. The molecule has 184 valence electrons. The summed E-state index contributed by atoms with van der Waals surface area (Å²) in [6, 6.07) is 3.55. The number of aryl methyl sites for hydroxylation is 1. The van der Waals surface area contributed by atoms with Crippen LogP contribution >= 0.6 is 11.6 Å². The topological polar surface area (TPSA) is 87.2 Å². The lowest BCUT2D eigenvalue weighted by atomic mass is 9.87. The molecule has 2 aliphatic heterocycles. The van der Waals surface area contributed by atoms with E-state index in [1.54, 1.807) is 18.1 Å². The van der Waals surface area contributed by atoms with Crippen LogP contribution in [0.2, 0.25) is 5.02 Å². The molecule has 0 radical (unpaired) electrons. The molecule has 9 heteroatoms. The molecule has 2 aliphatic rings. The highest BCUT2D eigenvalue weighted by Gasteiger charge is 2.49. The first kappa shape index (κ1) is 24.4. The molecule has 2 aromatic rings. The molecule has 1 saturated heterocycles. The number of nitrogens with zero attached hydrogens (tertiary/aromatic N) is 2. The van der Waals surface area contributed by atoms with Gasteiger partial charge in [-0.1, -0.05) is 11.6 Å². The summed E-state index contributed by atoms with van der Waals surface area (Å²) < 4.78 is 23.0. The lowest BCUT2D eigenvalue weighted by Crippen LogP contribution is -2.45. The number of aromatic nitrogens is 1. The Morgan fingerprint density at radius 2 is 2.06 bits per heavy atom. The van der Waals surface area contributed by atoms with Crippen LogP contribution < -0.4 is 9.47 Å². The van der Waals surface area contributed by atoms with Crippen LogP contribution in [0, 0.1) is 0 Å². The molecule has 1 aromatic heterocycles. The first-order chi connectivity index (χ1) is 15.9. The molecular formula is C25H31ClN2O6. The quantitative estimate of drug-likeness (QED) is 0.556. The average molecular weight is 491 g/mol. The van der Waals surface area contributed by atoms with E-state index in [-0.39, 0.29) is 18.7 Å². The third-order valence-corrected chi connectivity index (χ3v) is 6.62. The van der Waals surface area contributed by atoms with Crippen LogP contribution in [-0.2, 0) is 27.3 Å². The first-order valence-electron chi connectivity index (χ1n) is 11.4. The molecule has 1 unspecified atom stereocenters. The summed E-state index contributed by atoms with van der Waals surface area (Å²) in [7, 11) is 1.57. The van der Waals surface area contributed by atoms with Gasteiger partial charge in [-0.25, -0.2) is 9.78 Å². The predicted molar refractivity (Wildman–Crippen MR) is 127 cm³/mol. The molecular weight excluding hydrogens is 460 g/mol. The Morgan fingerprint density at radius 3 is 2.71 bits per heavy atom. The second-order valence-electron chi connectivity index (χ2n) is 10.1. The number of ether oxygens (including phenoxy) is 4. The number of benzene rings is 1. The molecule has 8 nitrogen and oxygen atoms in total. The van der Waals surface area contributed by atoms with Crippen LogP contribution in [0.15, 0.2) is 12.1 Å². The highest BCUT2D eigenvalue weighted by molar-refractivity contribution is 6.37. The van der Waals surface area contributed by atoms with E-state index in [1.165, 1.54) is 6.92 Å². The zero-order chi connectivity index (χ0) is 24.8. The maximum Gasteiger partial charge on any atom is 0.410 e. The summed E-state index contributed by atoms with van der Waals surface area (Å²) in [4.78, 5) is 30.8. The summed E-state index contributed by atoms with van der Waals surface area (Å²) in [6.45, 7) is 9.30.